The molecule has 1 N–H and O–H groups in total. The van der Waals surface area contributed by atoms with Crippen molar-refractivity contribution < 1.29 is 17.9 Å². The predicted molar refractivity (Wildman–Crippen MR) is 127 cm³/mol. The Balaban J connectivity index is 1.77. The standard InChI is InChI=1S/C25H28N2O4S/c1-19-10-13-23(14-11-19)32(29,30)27(24-17-20(2)9-12-21(24)3)18-25(28)26-15-16-31-22-7-5-4-6-8-22/h4-14,17H,15-16,18H2,1-3H3,(H,26,28). The van der Waals surface area contributed by atoms with E-state index in [9.17, 15) is 13.2 Å². The van der Waals surface area contributed by atoms with Gasteiger partial charge in [0.2, 0.25) is 5.91 Å². The van der Waals surface area contributed by atoms with Crippen molar-refractivity contribution >= 4 is 21.6 Å². The van der Waals surface area contributed by atoms with Gasteiger partial charge in [0.05, 0.1) is 17.1 Å². The molecule has 0 aliphatic heterocycles. The van der Waals surface area contributed by atoms with E-state index in [1.807, 2.05) is 63.2 Å². The highest BCUT2D eigenvalue weighted by molar-refractivity contribution is 7.92. The van der Waals surface area contributed by atoms with Crippen LogP contribution in [0, 0.1) is 20.8 Å². The zero-order valence-electron chi connectivity index (χ0n) is 18.5. The van der Waals surface area contributed by atoms with Gasteiger partial charge in [-0.25, -0.2) is 8.42 Å². The van der Waals surface area contributed by atoms with Crippen molar-refractivity contribution in [3.8, 4) is 5.75 Å². The third-order valence-corrected chi connectivity index (χ3v) is 6.74. The van der Waals surface area contributed by atoms with Crippen LogP contribution in [0.15, 0.2) is 77.7 Å². The molecule has 0 heterocycles. The Hall–Kier alpha value is -3.32. The minimum atomic E-state index is -3.94. The van der Waals surface area contributed by atoms with E-state index in [1.165, 1.54) is 4.31 Å². The number of aryl methyl sites for hydroxylation is 3. The number of anilines is 1. The SMILES string of the molecule is Cc1ccc(S(=O)(=O)N(CC(=O)NCCOc2ccccc2)c2cc(C)ccc2C)cc1. The number of para-hydroxylation sites is 1. The van der Waals surface area contributed by atoms with Gasteiger partial charge in [-0.3, -0.25) is 9.10 Å². The third-order valence-electron chi connectivity index (χ3n) is 4.97. The second kappa shape index (κ2) is 10.3. The second-order valence-corrected chi connectivity index (χ2v) is 9.49. The zero-order valence-corrected chi connectivity index (χ0v) is 19.4. The van der Waals surface area contributed by atoms with E-state index in [0.717, 1.165) is 16.7 Å². The lowest BCUT2D eigenvalue weighted by molar-refractivity contribution is -0.119. The second-order valence-electron chi connectivity index (χ2n) is 7.63. The molecule has 0 saturated carbocycles. The molecule has 0 aromatic heterocycles. The summed E-state index contributed by atoms with van der Waals surface area (Å²) in [6.07, 6.45) is 0. The van der Waals surface area contributed by atoms with Crippen molar-refractivity contribution in [2.45, 2.75) is 25.7 Å². The molecule has 0 fully saturated rings. The van der Waals surface area contributed by atoms with E-state index < -0.39 is 15.9 Å². The van der Waals surface area contributed by atoms with Crippen LogP contribution in [-0.2, 0) is 14.8 Å². The number of benzene rings is 3. The van der Waals surface area contributed by atoms with Crippen molar-refractivity contribution in [1.29, 1.82) is 0 Å². The Morgan fingerprint density at radius 2 is 1.56 bits per heavy atom. The fourth-order valence-electron chi connectivity index (χ4n) is 3.19. The van der Waals surface area contributed by atoms with Gasteiger partial charge in [-0.15, -0.1) is 0 Å². The van der Waals surface area contributed by atoms with Crippen LogP contribution in [0.25, 0.3) is 0 Å². The minimum Gasteiger partial charge on any atom is -0.492 e. The monoisotopic (exact) mass is 452 g/mol. The average molecular weight is 453 g/mol. The highest BCUT2D eigenvalue weighted by Crippen LogP contribution is 2.28. The Kier molecular flexibility index (Phi) is 7.53. The molecule has 0 saturated heterocycles. The zero-order chi connectivity index (χ0) is 23.1. The highest BCUT2D eigenvalue weighted by atomic mass is 32.2. The van der Waals surface area contributed by atoms with E-state index >= 15 is 0 Å². The van der Waals surface area contributed by atoms with Crippen molar-refractivity contribution in [3.05, 3.63) is 89.5 Å². The lowest BCUT2D eigenvalue weighted by atomic mass is 10.1. The van der Waals surface area contributed by atoms with Crippen LogP contribution in [0.4, 0.5) is 5.69 Å². The fourth-order valence-corrected chi connectivity index (χ4v) is 4.66. The number of carbonyl (C=O) groups is 1. The number of ether oxygens (including phenoxy) is 1. The van der Waals surface area contributed by atoms with Crippen LogP contribution in [0.3, 0.4) is 0 Å². The molecule has 168 valence electrons. The van der Waals surface area contributed by atoms with E-state index in [1.54, 1.807) is 30.3 Å². The molecule has 32 heavy (non-hydrogen) atoms. The van der Waals surface area contributed by atoms with Gasteiger partial charge in [0.1, 0.15) is 18.9 Å². The summed E-state index contributed by atoms with van der Waals surface area (Å²) in [4.78, 5) is 12.8. The number of nitrogens with one attached hydrogen (secondary N) is 1. The van der Waals surface area contributed by atoms with Crippen LogP contribution < -0.4 is 14.4 Å². The molecule has 0 atom stereocenters. The first kappa shape index (κ1) is 23.3. The average Bonchev–Trinajstić information content (AvgIpc) is 2.78. The minimum absolute atomic E-state index is 0.143. The lowest BCUT2D eigenvalue weighted by Gasteiger charge is -2.26. The van der Waals surface area contributed by atoms with Crippen LogP contribution in [-0.4, -0.2) is 34.0 Å². The molecule has 1 amide bonds. The molecule has 3 aromatic rings. The summed E-state index contributed by atoms with van der Waals surface area (Å²) in [5.74, 6) is 0.305. The van der Waals surface area contributed by atoms with E-state index in [-0.39, 0.29) is 24.6 Å². The highest BCUT2D eigenvalue weighted by Gasteiger charge is 2.28. The van der Waals surface area contributed by atoms with Crippen molar-refractivity contribution in [2.24, 2.45) is 0 Å². The van der Waals surface area contributed by atoms with E-state index in [0.29, 0.717) is 11.4 Å². The molecule has 0 aliphatic carbocycles. The summed E-state index contributed by atoms with van der Waals surface area (Å²) in [5, 5.41) is 2.75. The maximum absolute atomic E-state index is 13.5. The Labute approximate surface area is 189 Å². The number of carbonyl (C=O) groups excluding carboxylic acids is 1. The summed E-state index contributed by atoms with van der Waals surface area (Å²) in [6, 6.07) is 21.5. The number of amides is 1. The van der Waals surface area contributed by atoms with Gasteiger partial charge in [-0.05, 0) is 62.2 Å². The largest absolute Gasteiger partial charge is 0.492 e. The van der Waals surface area contributed by atoms with Gasteiger partial charge >= 0.3 is 0 Å². The van der Waals surface area contributed by atoms with Gasteiger partial charge in [0, 0.05) is 0 Å². The summed E-state index contributed by atoms with van der Waals surface area (Å²) in [6.45, 7) is 5.83. The normalized spacial score (nSPS) is 11.1. The number of nitrogens with zero attached hydrogens (tertiary/aromatic N) is 1. The fraction of sp³-hybridized carbons (Fsp3) is 0.240. The Morgan fingerprint density at radius 3 is 2.25 bits per heavy atom. The molecular formula is C25H28N2O4S. The number of sulfonamides is 1. The van der Waals surface area contributed by atoms with E-state index in [2.05, 4.69) is 5.32 Å². The molecule has 6 nitrogen and oxygen atoms in total. The number of rotatable bonds is 9. The van der Waals surface area contributed by atoms with Gasteiger partial charge in [0.15, 0.2) is 0 Å². The Morgan fingerprint density at radius 1 is 0.906 bits per heavy atom. The molecule has 3 rings (SSSR count). The van der Waals surface area contributed by atoms with Gasteiger partial charge in [0.25, 0.3) is 10.0 Å². The van der Waals surface area contributed by atoms with Gasteiger partial charge in [-0.2, -0.15) is 0 Å². The van der Waals surface area contributed by atoms with Crippen molar-refractivity contribution in [1.82, 2.24) is 5.32 Å². The molecule has 3 aromatic carbocycles. The predicted octanol–water partition coefficient (Wildman–Crippen LogP) is 4.00. The van der Waals surface area contributed by atoms with Crippen LogP contribution >= 0.6 is 0 Å². The molecule has 0 aliphatic rings. The first-order chi connectivity index (χ1) is 15.3. The third kappa shape index (κ3) is 5.88. The molecular weight excluding hydrogens is 424 g/mol. The molecule has 0 spiro atoms. The lowest BCUT2D eigenvalue weighted by Crippen LogP contribution is -2.42. The Bertz CT molecular complexity index is 1160. The maximum Gasteiger partial charge on any atom is 0.264 e. The van der Waals surface area contributed by atoms with Crippen LogP contribution in [0.1, 0.15) is 16.7 Å². The number of hydrogen-bond acceptors (Lipinski definition) is 4. The molecule has 0 unspecified atom stereocenters. The van der Waals surface area contributed by atoms with Crippen LogP contribution in [0.5, 0.6) is 5.75 Å². The maximum atomic E-state index is 13.5. The molecule has 7 heteroatoms. The van der Waals surface area contributed by atoms with Crippen molar-refractivity contribution in [3.63, 3.8) is 0 Å². The van der Waals surface area contributed by atoms with E-state index in [4.69, 9.17) is 4.74 Å². The quantitative estimate of drug-likeness (QED) is 0.498. The summed E-state index contributed by atoms with van der Waals surface area (Å²) in [5.41, 5.74) is 3.12. The smallest absolute Gasteiger partial charge is 0.264 e. The molecule has 0 radical (unpaired) electrons. The summed E-state index contributed by atoms with van der Waals surface area (Å²) in [7, 11) is -3.94. The first-order valence-electron chi connectivity index (χ1n) is 10.4. The van der Waals surface area contributed by atoms with Gasteiger partial charge in [-0.1, -0.05) is 48.0 Å². The first-order valence-corrected chi connectivity index (χ1v) is 11.8. The summed E-state index contributed by atoms with van der Waals surface area (Å²) < 4.78 is 33.7. The van der Waals surface area contributed by atoms with Crippen LogP contribution in [0.2, 0.25) is 0 Å². The van der Waals surface area contributed by atoms with Gasteiger partial charge < -0.3 is 10.1 Å². The topological polar surface area (TPSA) is 75.7 Å². The summed E-state index contributed by atoms with van der Waals surface area (Å²) >= 11 is 0. The molecule has 0 bridgehead atoms. The van der Waals surface area contributed by atoms with Crippen molar-refractivity contribution in [2.75, 3.05) is 24.0 Å². The number of hydrogen-bond donors (Lipinski definition) is 1.